The molecule has 1 saturated heterocycles. The second-order valence-electron chi connectivity index (χ2n) is 7.03. The maximum absolute atomic E-state index is 12.3. The van der Waals surface area contributed by atoms with Gasteiger partial charge in [0.2, 0.25) is 0 Å². The molecule has 1 fully saturated rings. The van der Waals surface area contributed by atoms with E-state index < -0.39 is 6.10 Å². The third-order valence-corrected chi connectivity index (χ3v) is 5.26. The van der Waals surface area contributed by atoms with Crippen LogP contribution in [0.4, 0.5) is 0 Å². The Morgan fingerprint density at radius 3 is 2.88 bits per heavy atom. The van der Waals surface area contributed by atoms with E-state index in [1.807, 2.05) is 25.1 Å². The molecule has 1 N–H and O–H groups in total. The van der Waals surface area contributed by atoms with Crippen LogP contribution >= 0.6 is 15.9 Å². The maximum Gasteiger partial charge on any atom is 0.260 e. The van der Waals surface area contributed by atoms with Crippen molar-refractivity contribution >= 4 is 21.8 Å². The number of nitrogens with one attached hydrogen (secondary N) is 1. The van der Waals surface area contributed by atoms with Gasteiger partial charge in [0.25, 0.3) is 5.91 Å². The van der Waals surface area contributed by atoms with Crippen LogP contribution in [-0.4, -0.2) is 42.6 Å². The van der Waals surface area contributed by atoms with E-state index in [4.69, 9.17) is 4.74 Å². The van der Waals surface area contributed by atoms with Crippen molar-refractivity contribution in [1.29, 1.82) is 0 Å². The van der Waals surface area contributed by atoms with Crippen molar-refractivity contribution in [2.24, 2.45) is 5.92 Å². The van der Waals surface area contributed by atoms with Gasteiger partial charge in [-0.3, -0.25) is 9.69 Å². The summed E-state index contributed by atoms with van der Waals surface area (Å²) in [6, 6.07) is 6.21. The highest BCUT2D eigenvalue weighted by molar-refractivity contribution is 9.10. The number of hydrogen-bond acceptors (Lipinski definition) is 3. The van der Waals surface area contributed by atoms with Crippen LogP contribution in [-0.2, 0) is 4.79 Å². The monoisotopic (exact) mass is 396 g/mol. The lowest BCUT2D eigenvalue weighted by molar-refractivity contribution is -0.127. The zero-order chi connectivity index (χ0) is 17.7. The van der Waals surface area contributed by atoms with Gasteiger partial charge in [0.05, 0.1) is 4.47 Å². The molecule has 0 spiro atoms. The van der Waals surface area contributed by atoms with E-state index in [1.54, 1.807) is 6.92 Å². The molecule has 3 unspecified atom stereocenters. The van der Waals surface area contributed by atoms with Gasteiger partial charge in [0.15, 0.2) is 6.10 Å². The number of piperidine rings is 1. The molecule has 1 aliphatic rings. The number of benzene rings is 1. The minimum absolute atomic E-state index is 0.0700. The van der Waals surface area contributed by atoms with Crippen molar-refractivity contribution in [3.63, 3.8) is 0 Å². The number of aryl methyl sites for hydroxylation is 1. The smallest absolute Gasteiger partial charge is 0.260 e. The maximum atomic E-state index is 12.3. The van der Waals surface area contributed by atoms with E-state index >= 15 is 0 Å². The number of amides is 1. The van der Waals surface area contributed by atoms with Crippen molar-refractivity contribution in [3.8, 4) is 5.75 Å². The minimum atomic E-state index is -0.517. The van der Waals surface area contributed by atoms with E-state index in [1.165, 1.54) is 12.8 Å². The first kappa shape index (κ1) is 19.3. The summed E-state index contributed by atoms with van der Waals surface area (Å²) < 4.78 is 6.66. The summed E-state index contributed by atoms with van der Waals surface area (Å²) in [5.41, 5.74) is 1.15. The first-order valence-electron chi connectivity index (χ1n) is 8.81. The minimum Gasteiger partial charge on any atom is -0.480 e. The summed E-state index contributed by atoms with van der Waals surface area (Å²) in [5.74, 6) is 1.37. The summed E-state index contributed by atoms with van der Waals surface area (Å²) in [6.07, 6.45) is 2.04. The highest BCUT2D eigenvalue weighted by atomic mass is 79.9. The summed E-state index contributed by atoms with van der Waals surface area (Å²) in [5, 5.41) is 3.02. The van der Waals surface area contributed by atoms with Gasteiger partial charge in [-0.1, -0.05) is 13.0 Å². The van der Waals surface area contributed by atoms with Crippen LogP contribution in [0.5, 0.6) is 5.75 Å². The van der Waals surface area contributed by atoms with E-state index in [0.29, 0.717) is 18.3 Å². The molecule has 4 nitrogen and oxygen atoms in total. The van der Waals surface area contributed by atoms with Crippen LogP contribution < -0.4 is 10.1 Å². The van der Waals surface area contributed by atoms with Crippen molar-refractivity contribution in [2.75, 3.05) is 19.6 Å². The standard InChI is InChI=1S/C19H29BrN2O2/c1-13-7-8-18(17(20)10-13)24-16(4)19(23)21-11-15(3)22-9-5-6-14(2)12-22/h7-8,10,14-16H,5-6,9,11-12H2,1-4H3,(H,21,23). The molecule has 2 rings (SSSR count). The first-order valence-corrected chi connectivity index (χ1v) is 9.60. The molecule has 0 radical (unpaired) electrons. The molecule has 1 aromatic carbocycles. The molecule has 5 heteroatoms. The summed E-state index contributed by atoms with van der Waals surface area (Å²) >= 11 is 3.48. The van der Waals surface area contributed by atoms with Crippen LogP contribution in [0.1, 0.15) is 39.2 Å². The molecule has 24 heavy (non-hydrogen) atoms. The molecule has 1 amide bonds. The predicted octanol–water partition coefficient (Wildman–Crippen LogP) is 3.76. The lowest BCUT2D eigenvalue weighted by Crippen LogP contribution is -2.48. The Hall–Kier alpha value is -1.07. The quantitative estimate of drug-likeness (QED) is 0.795. The SMILES string of the molecule is Cc1ccc(OC(C)C(=O)NCC(C)N2CCCC(C)C2)c(Br)c1. The number of ether oxygens (including phenoxy) is 1. The highest BCUT2D eigenvalue weighted by Crippen LogP contribution is 2.26. The predicted molar refractivity (Wildman–Crippen MR) is 101 cm³/mol. The van der Waals surface area contributed by atoms with E-state index in [-0.39, 0.29) is 5.91 Å². The van der Waals surface area contributed by atoms with E-state index in [2.05, 4.69) is 40.0 Å². The lowest BCUT2D eigenvalue weighted by atomic mass is 9.99. The number of nitrogens with zero attached hydrogens (tertiary/aromatic N) is 1. The summed E-state index contributed by atoms with van der Waals surface area (Å²) in [6.45, 7) is 11.2. The molecule has 0 aromatic heterocycles. The van der Waals surface area contributed by atoms with Crippen LogP contribution in [0, 0.1) is 12.8 Å². The molecule has 0 aliphatic carbocycles. The molecular weight excluding hydrogens is 368 g/mol. The van der Waals surface area contributed by atoms with Gasteiger partial charge in [-0.25, -0.2) is 0 Å². The molecule has 1 heterocycles. The molecular formula is C19H29BrN2O2. The Kier molecular flexibility index (Phi) is 7.11. The second-order valence-corrected chi connectivity index (χ2v) is 7.88. The third kappa shape index (κ3) is 5.49. The molecule has 3 atom stereocenters. The fourth-order valence-corrected chi connectivity index (χ4v) is 3.68. The first-order chi connectivity index (χ1) is 11.4. The topological polar surface area (TPSA) is 41.6 Å². The van der Waals surface area contributed by atoms with E-state index in [0.717, 1.165) is 29.0 Å². The van der Waals surface area contributed by atoms with Gasteiger partial charge in [-0.05, 0) is 79.7 Å². The number of likely N-dealkylation sites (tertiary alicyclic amines) is 1. The number of carbonyl (C=O) groups is 1. The van der Waals surface area contributed by atoms with Crippen LogP contribution in [0.25, 0.3) is 0 Å². The van der Waals surface area contributed by atoms with E-state index in [9.17, 15) is 4.79 Å². The number of hydrogen-bond donors (Lipinski definition) is 1. The third-order valence-electron chi connectivity index (χ3n) is 4.64. The Morgan fingerprint density at radius 2 is 2.21 bits per heavy atom. The van der Waals surface area contributed by atoms with Gasteiger partial charge in [-0.15, -0.1) is 0 Å². The average molecular weight is 397 g/mol. The Bertz CT molecular complexity index is 564. The van der Waals surface area contributed by atoms with Crippen molar-refractivity contribution < 1.29 is 9.53 Å². The fraction of sp³-hybridized carbons (Fsp3) is 0.632. The van der Waals surface area contributed by atoms with Gasteiger partial charge in [0, 0.05) is 19.1 Å². The van der Waals surface area contributed by atoms with Crippen molar-refractivity contribution in [1.82, 2.24) is 10.2 Å². The highest BCUT2D eigenvalue weighted by Gasteiger charge is 2.22. The number of halogens is 1. The van der Waals surface area contributed by atoms with Crippen LogP contribution in [0.2, 0.25) is 0 Å². The Balaban J connectivity index is 1.80. The number of rotatable bonds is 6. The molecule has 0 bridgehead atoms. The number of carbonyl (C=O) groups excluding carboxylic acids is 1. The summed E-state index contributed by atoms with van der Waals surface area (Å²) in [7, 11) is 0. The van der Waals surface area contributed by atoms with Crippen molar-refractivity contribution in [3.05, 3.63) is 28.2 Å². The zero-order valence-corrected chi connectivity index (χ0v) is 16.7. The van der Waals surface area contributed by atoms with Gasteiger partial charge in [-0.2, -0.15) is 0 Å². The largest absolute Gasteiger partial charge is 0.480 e. The normalized spacial score (nSPS) is 21.1. The van der Waals surface area contributed by atoms with Gasteiger partial charge >= 0.3 is 0 Å². The molecule has 1 aromatic rings. The van der Waals surface area contributed by atoms with Gasteiger partial charge in [0.1, 0.15) is 5.75 Å². The molecule has 134 valence electrons. The van der Waals surface area contributed by atoms with Gasteiger partial charge < -0.3 is 10.1 Å². The second kappa shape index (κ2) is 8.86. The van der Waals surface area contributed by atoms with Crippen LogP contribution in [0.3, 0.4) is 0 Å². The Morgan fingerprint density at radius 1 is 1.46 bits per heavy atom. The van der Waals surface area contributed by atoms with Crippen molar-refractivity contribution in [2.45, 2.75) is 52.7 Å². The summed E-state index contributed by atoms with van der Waals surface area (Å²) in [4.78, 5) is 14.8. The molecule has 1 aliphatic heterocycles. The van der Waals surface area contributed by atoms with Crippen LogP contribution in [0.15, 0.2) is 22.7 Å². The average Bonchev–Trinajstić information content (AvgIpc) is 2.54. The zero-order valence-electron chi connectivity index (χ0n) is 15.1. The molecule has 0 saturated carbocycles. The Labute approximate surface area is 154 Å². The lowest BCUT2D eigenvalue weighted by Gasteiger charge is -2.35. The fourth-order valence-electron chi connectivity index (χ4n) is 3.09.